The van der Waals surface area contributed by atoms with Gasteiger partial charge in [-0.05, 0) is 49.4 Å². The molecule has 1 aromatic heterocycles. The quantitative estimate of drug-likeness (QED) is 0.481. The number of rotatable bonds is 5. The summed E-state index contributed by atoms with van der Waals surface area (Å²) in [4.78, 5) is 30.7. The lowest BCUT2D eigenvalue weighted by Crippen LogP contribution is -2.22. The van der Waals surface area contributed by atoms with E-state index in [1.165, 1.54) is 18.8 Å². The van der Waals surface area contributed by atoms with Crippen LogP contribution in [0.25, 0.3) is 16.6 Å². The number of hydrogen-bond acceptors (Lipinski definition) is 5. The van der Waals surface area contributed by atoms with Gasteiger partial charge in [0.25, 0.3) is 11.5 Å². The van der Waals surface area contributed by atoms with Crippen LogP contribution in [0.5, 0.6) is 11.5 Å². The average molecular weight is 450 g/mol. The van der Waals surface area contributed by atoms with Crippen molar-refractivity contribution in [3.05, 3.63) is 87.4 Å². The molecule has 8 heteroatoms. The summed E-state index contributed by atoms with van der Waals surface area (Å²) in [6, 6.07) is 17.2. The van der Waals surface area contributed by atoms with E-state index >= 15 is 0 Å². The zero-order valence-corrected chi connectivity index (χ0v) is 18.4. The van der Waals surface area contributed by atoms with Crippen LogP contribution < -0.4 is 20.3 Å². The first-order valence-corrected chi connectivity index (χ1v) is 10.1. The summed E-state index contributed by atoms with van der Waals surface area (Å²) in [5.41, 5.74) is 1.51. The summed E-state index contributed by atoms with van der Waals surface area (Å²) >= 11 is 6.36. The maximum atomic E-state index is 13.1. The molecule has 7 nitrogen and oxygen atoms in total. The van der Waals surface area contributed by atoms with Crippen molar-refractivity contribution in [2.75, 3.05) is 19.5 Å². The molecule has 0 radical (unpaired) electrons. The number of carbonyl (C=O) groups is 1. The zero-order chi connectivity index (χ0) is 22.8. The number of para-hydroxylation sites is 1. The first kappa shape index (κ1) is 21.4. The van der Waals surface area contributed by atoms with Crippen LogP contribution in [0.15, 0.2) is 65.5 Å². The number of fused-ring (bicyclic) bond motifs is 1. The fourth-order valence-corrected chi connectivity index (χ4v) is 3.72. The van der Waals surface area contributed by atoms with Gasteiger partial charge in [0.15, 0.2) is 0 Å². The fraction of sp³-hybridized carbons (Fsp3) is 0.125. The standard InChI is InChI=1S/C24H20ClN3O4/c1-14-26-18-8-5-4-7-16(18)24(30)28(14)15-11-12-17(25)19(13-15)27-23(29)22-20(31-2)9-6-10-21(22)32-3/h4-13H,1-3H3,(H,27,29). The topological polar surface area (TPSA) is 82.4 Å². The van der Waals surface area contributed by atoms with Crippen molar-refractivity contribution in [3.63, 3.8) is 0 Å². The van der Waals surface area contributed by atoms with Crippen molar-refractivity contribution in [3.8, 4) is 17.2 Å². The summed E-state index contributed by atoms with van der Waals surface area (Å²) in [5, 5.41) is 3.61. The van der Waals surface area contributed by atoms with Crippen LogP contribution in [0.4, 0.5) is 5.69 Å². The molecule has 4 rings (SSSR count). The maximum Gasteiger partial charge on any atom is 0.265 e. The molecule has 162 valence electrons. The number of nitrogens with one attached hydrogen (secondary N) is 1. The molecule has 1 heterocycles. The van der Waals surface area contributed by atoms with Crippen molar-refractivity contribution in [2.45, 2.75) is 6.92 Å². The van der Waals surface area contributed by atoms with Gasteiger partial charge in [0.05, 0.1) is 41.5 Å². The molecule has 32 heavy (non-hydrogen) atoms. The summed E-state index contributed by atoms with van der Waals surface area (Å²) in [6.07, 6.45) is 0. The van der Waals surface area contributed by atoms with E-state index in [4.69, 9.17) is 21.1 Å². The second-order valence-corrected chi connectivity index (χ2v) is 7.38. The highest BCUT2D eigenvalue weighted by molar-refractivity contribution is 6.34. The third kappa shape index (κ3) is 3.78. The number of methoxy groups -OCH3 is 2. The van der Waals surface area contributed by atoms with Gasteiger partial charge in [0.2, 0.25) is 0 Å². The van der Waals surface area contributed by atoms with Gasteiger partial charge in [-0.2, -0.15) is 0 Å². The predicted octanol–water partition coefficient (Wildman–Crippen LogP) is 4.62. The molecular formula is C24H20ClN3O4. The maximum absolute atomic E-state index is 13.1. The Kier molecular flexibility index (Phi) is 5.83. The molecule has 0 saturated heterocycles. The van der Waals surface area contributed by atoms with E-state index < -0.39 is 5.91 Å². The minimum absolute atomic E-state index is 0.209. The molecule has 0 aliphatic carbocycles. The van der Waals surface area contributed by atoms with E-state index in [0.717, 1.165) is 0 Å². The summed E-state index contributed by atoms with van der Waals surface area (Å²) in [5.74, 6) is 0.776. The lowest BCUT2D eigenvalue weighted by molar-refractivity contribution is 0.102. The van der Waals surface area contributed by atoms with Gasteiger partial charge < -0.3 is 14.8 Å². The Labute approximate surface area is 189 Å². The molecule has 0 fully saturated rings. The number of amides is 1. The third-order valence-electron chi connectivity index (χ3n) is 5.05. The van der Waals surface area contributed by atoms with E-state index in [0.29, 0.717) is 44.6 Å². The third-order valence-corrected chi connectivity index (χ3v) is 5.38. The van der Waals surface area contributed by atoms with Crippen molar-refractivity contribution < 1.29 is 14.3 Å². The van der Waals surface area contributed by atoms with Gasteiger partial charge in [-0.3, -0.25) is 14.2 Å². The summed E-state index contributed by atoms with van der Waals surface area (Å²) < 4.78 is 12.1. The van der Waals surface area contributed by atoms with Crippen LogP contribution in [0, 0.1) is 6.92 Å². The van der Waals surface area contributed by atoms with E-state index in [1.54, 1.807) is 61.5 Å². The highest BCUT2D eigenvalue weighted by atomic mass is 35.5. The lowest BCUT2D eigenvalue weighted by Gasteiger charge is -2.15. The first-order chi connectivity index (χ1) is 15.4. The van der Waals surface area contributed by atoms with Crippen LogP contribution in [0.2, 0.25) is 5.02 Å². The molecule has 0 atom stereocenters. The van der Waals surface area contributed by atoms with Crippen molar-refractivity contribution in [2.24, 2.45) is 0 Å². The van der Waals surface area contributed by atoms with E-state index in [-0.39, 0.29) is 11.1 Å². The predicted molar refractivity (Wildman–Crippen MR) is 125 cm³/mol. The molecule has 0 unspecified atom stereocenters. The Balaban J connectivity index is 1.78. The Morgan fingerprint density at radius 2 is 1.69 bits per heavy atom. The fourth-order valence-electron chi connectivity index (χ4n) is 3.56. The molecule has 0 saturated carbocycles. The van der Waals surface area contributed by atoms with E-state index in [2.05, 4.69) is 10.3 Å². The minimum atomic E-state index is -0.459. The van der Waals surface area contributed by atoms with Gasteiger partial charge in [0.1, 0.15) is 22.9 Å². The molecule has 0 aliphatic heterocycles. The molecule has 4 aromatic rings. The molecule has 3 aromatic carbocycles. The number of ether oxygens (including phenoxy) is 2. The Hall–Kier alpha value is -3.84. The minimum Gasteiger partial charge on any atom is -0.496 e. The van der Waals surface area contributed by atoms with Crippen molar-refractivity contribution >= 4 is 34.1 Å². The van der Waals surface area contributed by atoms with Crippen LogP contribution in [0.1, 0.15) is 16.2 Å². The number of aryl methyl sites for hydroxylation is 1. The zero-order valence-electron chi connectivity index (χ0n) is 17.7. The molecule has 1 amide bonds. The second-order valence-electron chi connectivity index (χ2n) is 6.97. The number of halogens is 1. The van der Waals surface area contributed by atoms with Gasteiger partial charge in [0, 0.05) is 0 Å². The highest BCUT2D eigenvalue weighted by Crippen LogP contribution is 2.31. The Morgan fingerprint density at radius 3 is 2.38 bits per heavy atom. The highest BCUT2D eigenvalue weighted by Gasteiger charge is 2.20. The van der Waals surface area contributed by atoms with Crippen LogP contribution in [-0.2, 0) is 0 Å². The number of aromatic nitrogens is 2. The van der Waals surface area contributed by atoms with Gasteiger partial charge >= 0.3 is 0 Å². The van der Waals surface area contributed by atoms with Gasteiger partial charge in [-0.1, -0.05) is 29.8 Å². The number of hydrogen-bond donors (Lipinski definition) is 1. The van der Waals surface area contributed by atoms with Gasteiger partial charge in [-0.25, -0.2) is 4.98 Å². The number of carbonyl (C=O) groups excluding carboxylic acids is 1. The van der Waals surface area contributed by atoms with Gasteiger partial charge in [-0.15, -0.1) is 0 Å². The SMILES string of the molecule is COc1cccc(OC)c1C(=O)Nc1cc(-n2c(C)nc3ccccc3c2=O)ccc1Cl. The second kappa shape index (κ2) is 8.72. The van der Waals surface area contributed by atoms with Crippen LogP contribution >= 0.6 is 11.6 Å². The Bertz CT molecular complexity index is 1380. The largest absolute Gasteiger partial charge is 0.496 e. The smallest absolute Gasteiger partial charge is 0.265 e. The van der Waals surface area contributed by atoms with Crippen LogP contribution in [-0.4, -0.2) is 29.7 Å². The van der Waals surface area contributed by atoms with Crippen LogP contribution in [0.3, 0.4) is 0 Å². The normalized spacial score (nSPS) is 10.8. The summed E-state index contributed by atoms with van der Waals surface area (Å²) in [7, 11) is 2.95. The van der Waals surface area contributed by atoms with E-state index in [9.17, 15) is 9.59 Å². The molecule has 0 spiro atoms. The number of benzene rings is 3. The monoisotopic (exact) mass is 449 g/mol. The van der Waals surface area contributed by atoms with Crippen molar-refractivity contribution in [1.29, 1.82) is 0 Å². The number of nitrogens with zero attached hydrogens (tertiary/aromatic N) is 2. The Morgan fingerprint density at radius 1 is 1.00 bits per heavy atom. The lowest BCUT2D eigenvalue weighted by atomic mass is 10.1. The molecule has 0 aliphatic rings. The molecule has 1 N–H and O–H groups in total. The van der Waals surface area contributed by atoms with Crippen molar-refractivity contribution in [1.82, 2.24) is 9.55 Å². The molecular weight excluding hydrogens is 430 g/mol. The summed E-state index contributed by atoms with van der Waals surface area (Å²) in [6.45, 7) is 1.75. The first-order valence-electron chi connectivity index (χ1n) is 9.75. The molecule has 0 bridgehead atoms. The number of anilines is 1. The average Bonchev–Trinajstić information content (AvgIpc) is 2.80. The van der Waals surface area contributed by atoms with E-state index in [1.807, 2.05) is 6.07 Å².